The van der Waals surface area contributed by atoms with Crippen LogP contribution in [0.1, 0.15) is 17.3 Å². The van der Waals surface area contributed by atoms with Crippen LogP contribution in [0.2, 0.25) is 0 Å². The zero-order chi connectivity index (χ0) is 12.3. The second-order valence-electron chi connectivity index (χ2n) is 3.11. The van der Waals surface area contributed by atoms with Gasteiger partial charge in [0.2, 0.25) is 0 Å². The first-order valence-corrected chi connectivity index (χ1v) is 6.84. The van der Waals surface area contributed by atoms with Crippen molar-refractivity contribution >= 4 is 25.6 Å². The van der Waals surface area contributed by atoms with Crippen molar-refractivity contribution in [2.45, 2.75) is 11.9 Å². The van der Waals surface area contributed by atoms with Gasteiger partial charge in [-0.05, 0) is 19.1 Å². The van der Waals surface area contributed by atoms with E-state index in [1.807, 2.05) is 0 Å². The molecule has 0 radical (unpaired) electrons. The zero-order valence-corrected chi connectivity index (χ0v) is 10.4. The SMILES string of the molecule is CCN(C)C(=O)c1cccnc1S(=O)(=O)Cl. The van der Waals surface area contributed by atoms with Crippen molar-refractivity contribution in [1.29, 1.82) is 0 Å². The molecule has 1 heterocycles. The van der Waals surface area contributed by atoms with E-state index in [9.17, 15) is 13.2 Å². The predicted molar refractivity (Wildman–Crippen MR) is 59.9 cm³/mol. The van der Waals surface area contributed by atoms with Gasteiger partial charge in [0, 0.05) is 30.5 Å². The first kappa shape index (κ1) is 12.9. The number of hydrogen-bond donors (Lipinski definition) is 0. The van der Waals surface area contributed by atoms with Crippen LogP contribution in [-0.2, 0) is 9.05 Å². The third kappa shape index (κ3) is 2.70. The third-order valence-electron chi connectivity index (χ3n) is 2.05. The molecule has 0 aliphatic heterocycles. The van der Waals surface area contributed by atoms with Crippen LogP contribution in [0.4, 0.5) is 0 Å². The standard InChI is InChI=1S/C9H11ClN2O3S/c1-3-12(2)9(13)7-5-4-6-11-8(7)16(10,14)15/h4-6H,3H2,1-2H3. The number of pyridine rings is 1. The lowest BCUT2D eigenvalue weighted by Crippen LogP contribution is -2.27. The number of carbonyl (C=O) groups excluding carboxylic acids is 1. The number of nitrogens with zero attached hydrogens (tertiary/aromatic N) is 2. The Hall–Kier alpha value is -1.14. The van der Waals surface area contributed by atoms with E-state index in [4.69, 9.17) is 10.7 Å². The Morgan fingerprint density at radius 3 is 2.69 bits per heavy atom. The monoisotopic (exact) mass is 262 g/mol. The highest BCUT2D eigenvalue weighted by atomic mass is 35.7. The summed E-state index contributed by atoms with van der Waals surface area (Å²) in [7, 11) is 2.76. The second kappa shape index (κ2) is 4.80. The lowest BCUT2D eigenvalue weighted by Gasteiger charge is -2.15. The molecule has 0 bridgehead atoms. The van der Waals surface area contributed by atoms with Crippen LogP contribution in [0.15, 0.2) is 23.4 Å². The summed E-state index contributed by atoms with van der Waals surface area (Å²) in [6, 6.07) is 2.87. The van der Waals surface area contributed by atoms with E-state index in [1.54, 1.807) is 14.0 Å². The predicted octanol–water partition coefficient (Wildman–Crippen LogP) is 1.10. The Morgan fingerprint density at radius 1 is 1.56 bits per heavy atom. The van der Waals surface area contributed by atoms with Gasteiger partial charge in [0.05, 0.1) is 5.56 Å². The Kier molecular flexibility index (Phi) is 3.88. The van der Waals surface area contributed by atoms with Crippen LogP contribution in [0, 0.1) is 0 Å². The summed E-state index contributed by atoms with van der Waals surface area (Å²) in [6.45, 7) is 2.25. The highest BCUT2D eigenvalue weighted by Crippen LogP contribution is 2.18. The van der Waals surface area contributed by atoms with Crippen LogP contribution in [0.25, 0.3) is 0 Å². The molecular formula is C9H11ClN2O3S. The van der Waals surface area contributed by atoms with Gasteiger partial charge in [-0.2, -0.15) is 0 Å². The lowest BCUT2D eigenvalue weighted by molar-refractivity contribution is 0.0798. The van der Waals surface area contributed by atoms with Gasteiger partial charge in [0.1, 0.15) is 0 Å². The van der Waals surface area contributed by atoms with Crippen molar-refractivity contribution in [2.24, 2.45) is 0 Å². The van der Waals surface area contributed by atoms with Crippen LogP contribution >= 0.6 is 10.7 Å². The molecule has 1 aromatic heterocycles. The molecular weight excluding hydrogens is 252 g/mol. The van der Waals surface area contributed by atoms with Crippen LogP contribution < -0.4 is 0 Å². The summed E-state index contributed by atoms with van der Waals surface area (Å²) in [4.78, 5) is 16.8. The molecule has 0 spiro atoms. The molecule has 0 N–H and O–H groups in total. The van der Waals surface area contributed by atoms with Gasteiger partial charge in [-0.3, -0.25) is 4.79 Å². The average Bonchev–Trinajstić information content (AvgIpc) is 2.26. The quantitative estimate of drug-likeness (QED) is 0.765. The molecule has 7 heteroatoms. The van der Waals surface area contributed by atoms with Gasteiger partial charge in [-0.25, -0.2) is 13.4 Å². The number of hydrogen-bond acceptors (Lipinski definition) is 4. The van der Waals surface area contributed by atoms with Crippen LogP contribution in [-0.4, -0.2) is 37.8 Å². The van der Waals surface area contributed by atoms with Crippen molar-refractivity contribution in [2.75, 3.05) is 13.6 Å². The summed E-state index contributed by atoms with van der Waals surface area (Å²) in [5.74, 6) is -0.421. The fourth-order valence-corrected chi connectivity index (χ4v) is 2.07. The summed E-state index contributed by atoms with van der Waals surface area (Å²) < 4.78 is 22.4. The molecule has 0 saturated heterocycles. The largest absolute Gasteiger partial charge is 0.342 e. The summed E-state index contributed by atoms with van der Waals surface area (Å²) >= 11 is 0. The average molecular weight is 263 g/mol. The summed E-state index contributed by atoms with van der Waals surface area (Å²) in [5, 5.41) is -0.401. The van der Waals surface area contributed by atoms with Gasteiger partial charge < -0.3 is 4.90 Å². The van der Waals surface area contributed by atoms with Gasteiger partial charge in [0.25, 0.3) is 15.0 Å². The molecule has 0 aliphatic carbocycles. The molecule has 0 atom stereocenters. The Morgan fingerprint density at radius 2 is 2.19 bits per heavy atom. The molecule has 1 amide bonds. The van der Waals surface area contributed by atoms with E-state index < -0.39 is 20.0 Å². The Bertz CT molecular complexity index is 501. The van der Waals surface area contributed by atoms with Crippen LogP contribution in [0.5, 0.6) is 0 Å². The highest BCUT2D eigenvalue weighted by Gasteiger charge is 2.23. The summed E-state index contributed by atoms with van der Waals surface area (Å²) in [6.07, 6.45) is 1.28. The number of carbonyl (C=O) groups is 1. The molecule has 16 heavy (non-hydrogen) atoms. The Balaban J connectivity index is 3.30. The molecule has 88 valence electrons. The van der Waals surface area contributed by atoms with E-state index in [2.05, 4.69) is 4.98 Å². The fourth-order valence-electron chi connectivity index (χ4n) is 1.10. The number of amides is 1. The molecule has 1 aromatic rings. The molecule has 0 aromatic carbocycles. The third-order valence-corrected chi connectivity index (χ3v) is 3.28. The van der Waals surface area contributed by atoms with E-state index in [0.717, 1.165) is 0 Å². The van der Waals surface area contributed by atoms with Gasteiger partial charge in [0.15, 0.2) is 5.03 Å². The van der Waals surface area contributed by atoms with Crippen LogP contribution in [0.3, 0.4) is 0 Å². The van der Waals surface area contributed by atoms with Gasteiger partial charge in [-0.15, -0.1) is 0 Å². The minimum Gasteiger partial charge on any atom is -0.342 e. The minimum atomic E-state index is -4.01. The minimum absolute atomic E-state index is 0.0122. The Labute approximate surface area is 98.5 Å². The number of halogens is 1. The molecule has 0 unspecified atom stereocenters. The zero-order valence-electron chi connectivity index (χ0n) is 8.84. The first-order chi connectivity index (χ1) is 7.38. The maximum absolute atomic E-state index is 11.8. The van der Waals surface area contributed by atoms with Crippen molar-refractivity contribution in [1.82, 2.24) is 9.88 Å². The maximum atomic E-state index is 11.8. The van der Waals surface area contributed by atoms with E-state index in [1.165, 1.54) is 23.2 Å². The molecule has 1 rings (SSSR count). The molecule has 0 saturated carbocycles. The van der Waals surface area contributed by atoms with Crippen molar-refractivity contribution in [3.05, 3.63) is 23.9 Å². The second-order valence-corrected chi connectivity index (χ2v) is 5.59. The first-order valence-electron chi connectivity index (χ1n) is 4.53. The molecule has 0 fully saturated rings. The van der Waals surface area contributed by atoms with Crippen molar-refractivity contribution in [3.63, 3.8) is 0 Å². The van der Waals surface area contributed by atoms with E-state index in [-0.39, 0.29) is 5.56 Å². The fraction of sp³-hybridized carbons (Fsp3) is 0.333. The smallest absolute Gasteiger partial charge is 0.279 e. The lowest BCUT2D eigenvalue weighted by atomic mass is 10.2. The summed E-state index contributed by atoms with van der Waals surface area (Å²) in [5.41, 5.74) is -0.0122. The maximum Gasteiger partial charge on any atom is 0.279 e. The number of rotatable bonds is 3. The molecule has 0 aliphatic rings. The van der Waals surface area contributed by atoms with Gasteiger partial charge in [-0.1, -0.05) is 0 Å². The van der Waals surface area contributed by atoms with Crippen molar-refractivity contribution < 1.29 is 13.2 Å². The normalized spacial score (nSPS) is 11.2. The topological polar surface area (TPSA) is 67.3 Å². The van der Waals surface area contributed by atoms with Crippen molar-refractivity contribution in [3.8, 4) is 0 Å². The number of aromatic nitrogens is 1. The van der Waals surface area contributed by atoms with E-state index in [0.29, 0.717) is 6.54 Å². The van der Waals surface area contributed by atoms with E-state index >= 15 is 0 Å². The van der Waals surface area contributed by atoms with Gasteiger partial charge >= 0.3 is 0 Å². The molecule has 5 nitrogen and oxygen atoms in total. The highest BCUT2D eigenvalue weighted by molar-refractivity contribution is 8.13.